The van der Waals surface area contributed by atoms with Crippen LogP contribution in [0.5, 0.6) is 0 Å². The van der Waals surface area contributed by atoms with Crippen LogP contribution < -0.4 is 5.32 Å². The molecule has 1 aliphatic carbocycles. The second-order valence-electron chi connectivity index (χ2n) is 3.36. The molecule has 0 bridgehead atoms. The van der Waals surface area contributed by atoms with Gasteiger partial charge in [0.2, 0.25) is 0 Å². The van der Waals surface area contributed by atoms with E-state index in [0.717, 1.165) is 12.8 Å². The molecule has 70 valence electrons. The molecule has 1 amide bonds. The van der Waals surface area contributed by atoms with Crippen molar-refractivity contribution in [3.63, 3.8) is 0 Å². The maximum Gasteiger partial charge on any atom is 0.270 e. The Morgan fingerprint density at radius 1 is 1.85 bits per heavy atom. The highest BCUT2D eigenvalue weighted by Gasteiger charge is 2.36. The number of rotatable bonds is 3. The lowest BCUT2D eigenvalue weighted by Gasteiger charge is -2.00. The number of carbonyl (C=O) groups is 1. The molecular weight excluding hydrogens is 184 g/mol. The third-order valence-electron chi connectivity index (χ3n) is 2.43. The maximum atomic E-state index is 11.5. The minimum atomic E-state index is -0.0257. The van der Waals surface area contributed by atoms with Crippen molar-refractivity contribution in [2.24, 2.45) is 5.92 Å². The molecule has 1 aromatic rings. The number of thiazole rings is 1. The monoisotopic (exact) mass is 196 g/mol. The molecule has 1 fully saturated rings. The van der Waals surface area contributed by atoms with Gasteiger partial charge in [0.1, 0.15) is 5.69 Å². The normalized spacial score (nSPS) is 25.6. The average molecular weight is 196 g/mol. The molecule has 1 aliphatic rings. The van der Waals surface area contributed by atoms with E-state index in [9.17, 15) is 4.79 Å². The fraction of sp³-hybridized carbons (Fsp3) is 0.556. The van der Waals surface area contributed by atoms with Gasteiger partial charge in [-0.05, 0) is 12.3 Å². The van der Waals surface area contributed by atoms with Crippen molar-refractivity contribution in [2.75, 3.05) is 0 Å². The van der Waals surface area contributed by atoms with Crippen LogP contribution in [0.3, 0.4) is 0 Å². The number of hydrogen-bond acceptors (Lipinski definition) is 3. The second kappa shape index (κ2) is 3.46. The van der Waals surface area contributed by atoms with E-state index in [4.69, 9.17) is 0 Å². The van der Waals surface area contributed by atoms with Crippen LogP contribution in [-0.2, 0) is 0 Å². The van der Waals surface area contributed by atoms with Crippen LogP contribution >= 0.6 is 11.3 Å². The van der Waals surface area contributed by atoms with Crippen LogP contribution in [0.15, 0.2) is 10.9 Å². The largest absolute Gasteiger partial charge is 0.348 e. The molecule has 2 atom stereocenters. The van der Waals surface area contributed by atoms with Crippen LogP contribution in [0.1, 0.15) is 30.3 Å². The minimum absolute atomic E-state index is 0.0257. The molecule has 3 nitrogen and oxygen atoms in total. The van der Waals surface area contributed by atoms with E-state index in [1.165, 1.54) is 11.3 Å². The Kier molecular flexibility index (Phi) is 2.31. The molecule has 0 saturated heterocycles. The Morgan fingerprint density at radius 2 is 2.69 bits per heavy atom. The van der Waals surface area contributed by atoms with Gasteiger partial charge in [-0.1, -0.05) is 13.3 Å². The van der Waals surface area contributed by atoms with E-state index in [1.807, 2.05) is 0 Å². The van der Waals surface area contributed by atoms with Crippen molar-refractivity contribution >= 4 is 17.2 Å². The molecule has 2 unspecified atom stereocenters. The van der Waals surface area contributed by atoms with Gasteiger partial charge in [0.25, 0.3) is 5.91 Å². The molecule has 0 spiro atoms. The maximum absolute atomic E-state index is 11.5. The summed E-state index contributed by atoms with van der Waals surface area (Å²) in [5.74, 6) is 0.671. The zero-order valence-electron chi connectivity index (χ0n) is 7.49. The predicted octanol–water partition coefficient (Wildman–Crippen LogP) is 1.67. The predicted molar refractivity (Wildman–Crippen MR) is 51.8 cm³/mol. The van der Waals surface area contributed by atoms with E-state index in [1.54, 1.807) is 10.9 Å². The van der Waals surface area contributed by atoms with Crippen LogP contribution in [-0.4, -0.2) is 16.9 Å². The summed E-state index contributed by atoms with van der Waals surface area (Å²) in [7, 11) is 0. The topological polar surface area (TPSA) is 42.0 Å². The lowest BCUT2D eigenvalue weighted by atomic mass is 10.3. The highest BCUT2D eigenvalue weighted by molar-refractivity contribution is 7.07. The van der Waals surface area contributed by atoms with Crippen LogP contribution in [0, 0.1) is 5.92 Å². The van der Waals surface area contributed by atoms with E-state index >= 15 is 0 Å². The highest BCUT2D eigenvalue weighted by atomic mass is 32.1. The van der Waals surface area contributed by atoms with Gasteiger partial charge in [0.15, 0.2) is 0 Å². The Balaban J connectivity index is 1.87. The summed E-state index contributed by atoms with van der Waals surface area (Å²) in [6, 6.07) is 0.402. The van der Waals surface area contributed by atoms with Crippen molar-refractivity contribution in [3.8, 4) is 0 Å². The summed E-state index contributed by atoms with van der Waals surface area (Å²) in [4.78, 5) is 15.4. The highest BCUT2D eigenvalue weighted by Crippen LogP contribution is 2.33. The fourth-order valence-electron chi connectivity index (χ4n) is 1.44. The Labute approximate surface area is 81.2 Å². The van der Waals surface area contributed by atoms with E-state index in [0.29, 0.717) is 17.7 Å². The molecule has 13 heavy (non-hydrogen) atoms. The van der Waals surface area contributed by atoms with Crippen molar-refractivity contribution < 1.29 is 4.79 Å². The molecule has 1 aromatic heterocycles. The van der Waals surface area contributed by atoms with Gasteiger partial charge in [0.05, 0.1) is 5.51 Å². The third-order valence-corrected chi connectivity index (χ3v) is 3.01. The molecule has 0 aliphatic heterocycles. The first-order chi connectivity index (χ1) is 6.31. The van der Waals surface area contributed by atoms with Crippen molar-refractivity contribution in [2.45, 2.75) is 25.8 Å². The molecule has 2 rings (SSSR count). The average Bonchev–Trinajstić information content (AvgIpc) is 2.68. The molecule has 4 heteroatoms. The number of carbonyl (C=O) groups excluding carboxylic acids is 1. The lowest BCUT2D eigenvalue weighted by Crippen LogP contribution is -2.26. The molecule has 1 N–H and O–H groups in total. The first-order valence-corrected chi connectivity index (χ1v) is 5.44. The van der Waals surface area contributed by atoms with Gasteiger partial charge in [-0.3, -0.25) is 4.79 Å². The van der Waals surface area contributed by atoms with Crippen LogP contribution in [0.2, 0.25) is 0 Å². The smallest absolute Gasteiger partial charge is 0.270 e. The van der Waals surface area contributed by atoms with Crippen molar-refractivity contribution in [3.05, 3.63) is 16.6 Å². The van der Waals surface area contributed by atoms with Crippen molar-refractivity contribution in [1.29, 1.82) is 0 Å². The molecule has 1 saturated carbocycles. The van der Waals surface area contributed by atoms with Gasteiger partial charge in [-0.25, -0.2) is 4.98 Å². The Morgan fingerprint density at radius 3 is 3.23 bits per heavy atom. The number of amides is 1. The van der Waals surface area contributed by atoms with Gasteiger partial charge >= 0.3 is 0 Å². The number of nitrogens with zero attached hydrogens (tertiary/aromatic N) is 1. The third kappa shape index (κ3) is 1.88. The lowest BCUT2D eigenvalue weighted by molar-refractivity contribution is 0.0944. The molecular formula is C9H12N2OS. The number of aromatic nitrogens is 1. The van der Waals surface area contributed by atoms with Crippen LogP contribution in [0.25, 0.3) is 0 Å². The number of hydrogen-bond donors (Lipinski definition) is 1. The Bertz CT molecular complexity index is 297. The standard InChI is InChI=1S/C9H12N2OS/c1-2-6-3-7(6)11-9(12)8-4-13-5-10-8/h4-7H,2-3H2,1H3,(H,11,12). The quantitative estimate of drug-likeness (QED) is 0.799. The second-order valence-corrected chi connectivity index (χ2v) is 4.08. The Hall–Kier alpha value is -0.900. The summed E-state index contributed by atoms with van der Waals surface area (Å²) < 4.78 is 0. The van der Waals surface area contributed by atoms with E-state index in [2.05, 4.69) is 17.2 Å². The van der Waals surface area contributed by atoms with Gasteiger partial charge < -0.3 is 5.32 Å². The first kappa shape index (κ1) is 8.69. The SMILES string of the molecule is CCC1CC1NC(=O)c1cscn1. The zero-order chi connectivity index (χ0) is 9.26. The van der Waals surface area contributed by atoms with Gasteiger partial charge in [0, 0.05) is 11.4 Å². The number of nitrogens with one attached hydrogen (secondary N) is 1. The summed E-state index contributed by atoms with van der Waals surface area (Å²) in [5.41, 5.74) is 2.23. The fourth-order valence-corrected chi connectivity index (χ4v) is 1.97. The van der Waals surface area contributed by atoms with Crippen LogP contribution in [0.4, 0.5) is 0 Å². The zero-order valence-corrected chi connectivity index (χ0v) is 8.30. The van der Waals surface area contributed by atoms with E-state index in [-0.39, 0.29) is 5.91 Å². The minimum Gasteiger partial charge on any atom is -0.348 e. The summed E-state index contributed by atoms with van der Waals surface area (Å²) in [6.07, 6.45) is 2.29. The summed E-state index contributed by atoms with van der Waals surface area (Å²) in [6.45, 7) is 2.15. The molecule has 0 aromatic carbocycles. The van der Waals surface area contributed by atoms with Gasteiger partial charge in [-0.2, -0.15) is 0 Å². The summed E-state index contributed by atoms with van der Waals surface area (Å²) >= 11 is 1.45. The molecule has 1 heterocycles. The van der Waals surface area contributed by atoms with E-state index < -0.39 is 0 Å². The molecule has 0 radical (unpaired) electrons. The first-order valence-electron chi connectivity index (χ1n) is 4.50. The van der Waals surface area contributed by atoms with Crippen molar-refractivity contribution in [1.82, 2.24) is 10.3 Å². The summed E-state index contributed by atoms with van der Waals surface area (Å²) in [5, 5.41) is 4.74. The van der Waals surface area contributed by atoms with Gasteiger partial charge in [-0.15, -0.1) is 11.3 Å².